The van der Waals surface area contributed by atoms with Crippen LogP contribution in [-0.4, -0.2) is 140 Å². The number of nitrogens with one attached hydrogen (secondary N) is 1. The van der Waals surface area contributed by atoms with Crippen molar-refractivity contribution in [2.75, 3.05) is 19.8 Å². The van der Waals surface area contributed by atoms with Gasteiger partial charge in [0.15, 0.2) is 12.6 Å². The van der Waals surface area contributed by atoms with Gasteiger partial charge in [0.2, 0.25) is 5.91 Å². The van der Waals surface area contributed by atoms with Crippen molar-refractivity contribution in [3.63, 3.8) is 0 Å². The highest BCUT2D eigenvalue weighted by molar-refractivity contribution is 5.76. The molecule has 0 aromatic rings. The van der Waals surface area contributed by atoms with E-state index in [0.29, 0.717) is 12.8 Å². The predicted molar refractivity (Wildman–Crippen MR) is 360 cm³/mol. The largest absolute Gasteiger partial charge is 0.394 e. The van der Waals surface area contributed by atoms with E-state index in [4.69, 9.17) is 18.9 Å². The minimum Gasteiger partial charge on any atom is -0.394 e. The molecule has 1 amide bonds. The number of aliphatic hydroxyl groups excluding tert-OH is 8. The lowest BCUT2D eigenvalue weighted by atomic mass is 9.97. The molecule has 14 heteroatoms. The molecule has 2 fully saturated rings. The fourth-order valence-electron chi connectivity index (χ4n) is 12.4. The van der Waals surface area contributed by atoms with Gasteiger partial charge in [-0.05, 0) is 44.9 Å². The molecule has 0 aromatic carbocycles. The summed E-state index contributed by atoms with van der Waals surface area (Å²) in [5, 5.41) is 87.5. The van der Waals surface area contributed by atoms with Crippen LogP contribution in [0.4, 0.5) is 0 Å². The summed E-state index contributed by atoms with van der Waals surface area (Å²) in [6, 6.07) is -0.937. The van der Waals surface area contributed by atoms with Crippen molar-refractivity contribution in [1.29, 1.82) is 0 Å². The Morgan fingerprint density at radius 3 is 1.11 bits per heavy atom. The third-order valence-electron chi connectivity index (χ3n) is 18.3. The minimum absolute atomic E-state index is 0.246. The third-order valence-corrected chi connectivity index (χ3v) is 18.3. The van der Waals surface area contributed by atoms with Gasteiger partial charge in [-0.25, -0.2) is 0 Å². The minimum atomic E-state index is -1.79. The van der Waals surface area contributed by atoms with Crippen molar-refractivity contribution >= 4 is 5.91 Å². The Morgan fingerprint density at radius 1 is 0.398 bits per heavy atom. The maximum absolute atomic E-state index is 13.3. The van der Waals surface area contributed by atoms with Crippen LogP contribution < -0.4 is 5.32 Å². The van der Waals surface area contributed by atoms with Crippen LogP contribution >= 0.6 is 0 Å². The number of hydrogen-bond acceptors (Lipinski definition) is 13. The smallest absolute Gasteiger partial charge is 0.220 e. The highest BCUT2D eigenvalue weighted by atomic mass is 16.7. The van der Waals surface area contributed by atoms with Crippen LogP contribution in [0.15, 0.2) is 36.5 Å². The molecule has 2 rings (SSSR count). The van der Waals surface area contributed by atoms with Crippen molar-refractivity contribution in [2.45, 2.75) is 408 Å². The molecule has 518 valence electrons. The van der Waals surface area contributed by atoms with E-state index in [2.05, 4.69) is 43.5 Å². The summed E-state index contributed by atoms with van der Waals surface area (Å²) in [5.41, 5.74) is 0. The van der Waals surface area contributed by atoms with Gasteiger partial charge in [-0.3, -0.25) is 4.79 Å². The SMILES string of the molecule is CCCCCCCCCCCCCCCC/C=C/CC/C=C/CC/C=C/C(O)C(COC1OC(CO)C(OC2OC(CO)C(O)C(O)C2O)C(O)C1O)NC(=O)CCCCCCCCCCCCCCCCCCCCCCCCCCCCCCCC. The Hall–Kier alpha value is -1.79. The van der Waals surface area contributed by atoms with Gasteiger partial charge in [0, 0.05) is 6.42 Å². The number of unbranched alkanes of at least 4 members (excludes halogenated alkanes) is 45. The summed E-state index contributed by atoms with van der Waals surface area (Å²) in [5.74, 6) is -0.246. The molecule has 0 radical (unpaired) electrons. The maximum atomic E-state index is 13.3. The number of rotatable bonds is 62. The normalized spacial score (nSPS) is 23.3. The maximum Gasteiger partial charge on any atom is 0.220 e. The second kappa shape index (κ2) is 59.0. The molecule has 0 aliphatic carbocycles. The number of hydrogen-bond donors (Lipinski definition) is 9. The standard InChI is InChI=1S/C74H139NO13/c1-3-5-7-9-11-13-15-17-19-21-23-25-27-29-30-31-32-33-34-36-38-40-42-44-46-48-50-52-54-56-58-66(79)75-62(61-85-73-71(84)69(82)72(65(60-77)87-73)88-74-70(83)68(81)67(80)64(59-76)86-74)63(78)57-55-53-51-49-47-45-43-41-39-37-35-28-26-24-22-20-18-16-14-12-10-8-6-4-2/h39,41,47,49,55,57,62-65,67-74,76-78,80-84H,3-38,40,42-46,48,50-54,56,58-61H2,1-2H3,(H,75,79)/b41-39+,49-47+,57-55+. The van der Waals surface area contributed by atoms with E-state index in [9.17, 15) is 45.6 Å². The lowest BCUT2D eigenvalue weighted by Crippen LogP contribution is -2.65. The highest BCUT2D eigenvalue weighted by Gasteiger charge is 2.51. The van der Waals surface area contributed by atoms with Gasteiger partial charge in [-0.15, -0.1) is 0 Å². The first-order valence-electron chi connectivity index (χ1n) is 37.2. The first-order valence-corrected chi connectivity index (χ1v) is 37.2. The van der Waals surface area contributed by atoms with Crippen LogP contribution in [0.1, 0.15) is 335 Å². The first kappa shape index (κ1) is 82.3. The van der Waals surface area contributed by atoms with E-state index in [-0.39, 0.29) is 18.9 Å². The number of carbonyl (C=O) groups is 1. The molecule has 9 N–H and O–H groups in total. The number of allylic oxidation sites excluding steroid dienone is 5. The van der Waals surface area contributed by atoms with Crippen molar-refractivity contribution in [2.24, 2.45) is 0 Å². The summed E-state index contributed by atoms with van der Waals surface area (Å²) in [6.07, 6.45) is 59.3. The van der Waals surface area contributed by atoms with Gasteiger partial charge in [0.05, 0.1) is 32.0 Å². The zero-order chi connectivity index (χ0) is 63.8. The van der Waals surface area contributed by atoms with E-state index >= 15 is 0 Å². The molecule has 88 heavy (non-hydrogen) atoms. The van der Waals surface area contributed by atoms with Gasteiger partial charge in [-0.2, -0.15) is 0 Å². The Labute approximate surface area is 538 Å². The number of carbonyl (C=O) groups excluding carboxylic acids is 1. The fraction of sp³-hybridized carbons (Fsp3) is 0.905. The monoisotopic (exact) mass is 1250 g/mol. The van der Waals surface area contributed by atoms with Crippen LogP contribution in [-0.2, 0) is 23.7 Å². The molecule has 2 heterocycles. The molecular formula is C74H139NO13. The Kier molecular flexibility index (Phi) is 55.2. The Bertz CT molecular complexity index is 1620. The van der Waals surface area contributed by atoms with Crippen molar-refractivity contribution in [1.82, 2.24) is 5.32 Å². The Balaban J connectivity index is 1.66. The van der Waals surface area contributed by atoms with E-state index < -0.39 is 86.8 Å². The van der Waals surface area contributed by atoms with E-state index in [0.717, 1.165) is 44.9 Å². The predicted octanol–water partition coefficient (Wildman–Crippen LogP) is 15.7. The summed E-state index contributed by atoms with van der Waals surface area (Å²) in [4.78, 5) is 13.3. The lowest BCUT2D eigenvalue weighted by molar-refractivity contribution is -0.359. The number of ether oxygens (including phenoxy) is 4. The van der Waals surface area contributed by atoms with Crippen LogP contribution in [0.2, 0.25) is 0 Å². The van der Waals surface area contributed by atoms with E-state index in [1.807, 2.05) is 6.08 Å². The summed E-state index contributed by atoms with van der Waals surface area (Å²) in [6.45, 7) is 2.83. The number of aliphatic hydroxyl groups is 8. The Morgan fingerprint density at radius 2 is 0.727 bits per heavy atom. The van der Waals surface area contributed by atoms with Crippen molar-refractivity contribution in [3.8, 4) is 0 Å². The molecular weight excluding hydrogens is 1110 g/mol. The molecule has 2 aliphatic rings. The zero-order valence-corrected chi connectivity index (χ0v) is 56.5. The van der Waals surface area contributed by atoms with Crippen molar-refractivity contribution in [3.05, 3.63) is 36.5 Å². The van der Waals surface area contributed by atoms with E-state index in [1.165, 1.54) is 257 Å². The van der Waals surface area contributed by atoms with Gasteiger partial charge in [0.25, 0.3) is 0 Å². The van der Waals surface area contributed by atoms with Crippen LogP contribution in [0.25, 0.3) is 0 Å². The quantitative estimate of drug-likeness (QED) is 0.0204. The molecule has 12 unspecified atom stereocenters. The van der Waals surface area contributed by atoms with Crippen LogP contribution in [0, 0.1) is 0 Å². The van der Waals surface area contributed by atoms with Gasteiger partial charge in [0.1, 0.15) is 48.8 Å². The van der Waals surface area contributed by atoms with E-state index in [1.54, 1.807) is 6.08 Å². The number of amides is 1. The zero-order valence-electron chi connectivity index (χ0n) is 56.5. The molecule has 0 saturated carbocycles. The van der Waals surface area contributed by atoms with Crippen LogP contribution in [0.5, 0.6) is 0 Å². The molecule has 2 aliphatic heterocycles. The molecule has 14 nitrogen and oxygen atoms in total. The summed E-state index contributed by atoms with van der Waals surface area (Å²) >= 11 is 0. The fourth-order valence-corrected chi connectivity index (χ4v) is 12.4. The first-order chi connectivity index (χ1) is 43.1. The molecule has 2 saturated heterocycles. The average Bonchev–Trinajstić information content (AvgIpc) is 2.08. The van der Waals surface area contributed by atoms with Gasteiger partial charge in [-0.1, -0.05) is 320 Å². The second-order valence-electron chi connectivity index (χ2n) is 26.4. The van der Waals surface area contributed by atoms with Crippen LogP contribution in [0.3, 0.4) is 0 Å². The summed E-state index contributed by atoms with van der Waals surface area (Å²) in [7, 11) is 0. The molecule has 0 bridgehead atoms. The molecule has 0 aromatic heterocycles. The molecule has 12 atom stereocenters. The highest BCUT2D eigenvalue weighted by Crippen LogP contribution is 2.30. The molecule has 0 spiro atoms. The third kappa shape index (κ3) is 42.4. The average molecular weight is 1250 g/mol. The second-order valence-corrected chi connectivity index (χ2v) is 26.4. The lowest BCUT2D eigenvalue weighted by Gasteiger charge is -2.46. The van der Waals surface area contributed by atoms with Gasteiger partial charge >= 0.3 is 0 Å². The topological polar surface area (TPSA) is 228 Å². The van der Waals surface area contributed by atoms with Crippen molar-refractivity contribution < 1.29 is 64.6 Å². The van der Waals surface area contributed by atoms with Gasteiger partial charge < -0.3 is 65.1 Å². The summed E-state index contributed by atoms with van der Waals surface area (Å²) < 4.78 is 22.9.